The first-order valence-corrected chi connectivity index (χ1v) is 12.8. The molecular weight excluding hydrogens is 458 g/mol. The average molecular weight is 504 g/mol. The summed E-state index contributed by atoms with van der Waals surface area (Å²) in [4.78, 5) is 34.4. The summed E-state index contributed by atoms with van der Waals surface area (Å²) in [6.45, 7) is 5.17. The highest BCUT2D eigenvalue weighted by atomic mass is 16.5. The molecule has 0 aliphatic carbocycles. The maximum atomic E-state index is 12.0. The van der Waals surface area contributed by atoms with Crippen LogP contribution < -0.4 is 5.32 Å². The number of esters is 1. The summed E-state index contributed by atoms with van der Waals surface area (Å²) in [6, 6.07) is 0. The monoisotopic (exact) mass is 503 g/mol. The number of hydrogen-bond acceptors (Lipinski definition) is 5. The number of aliphatic hydroxyl groups excluding tert-OH is 1. The third-order valence-electron chi connectivity index (χ3n) is 5.14. The van der Waals surface area contributed by atoms with E-state index in [-0.39, 0.29) is 32.0 Å². The van der Waals surface area contributed by atoms with Crippen LogP contribution in [-0.4, -0.2) is 47.3 Å². The van der Waals surface area contributed by atoms with Gasteiger partial charge in [0.2, 0.25) is 5.91 Å². The van der Waals surface area contributed by atoms with E-state index in [4.69, 9.17) is 9.84 Å². The van der Waals surface area contributed by atoms with Crippen LogP contribution in [0.3, 0.4) is 0 Å². The van der Waals surface area contributed by atoms with Gasteiger partial charge in [-0.05, 0) is 44.9 Å². The van der Waals surface area contributed by atoms with Crippen molar-refractivity contribution in [1.82, 2.24) is 5.32 Å². The Hall–Kier alpha value is -2.93. The summed E-state index contributed by atoms with van der Waals surface area (Å²) in [6.07, 6.45) is 26.2. The molecule has 0 aromatic heterocycles. The zero-order valence-electron chi connectivity index (χ0n) is 22.2. The molecule has 0 saturated carbocycles. The molecule has 7 nitrogen and oxygen atoms in total. The summed E-state index contributed by atoms with van der Waals surface area (Å²) >= 11 is 0. The maximum absolute atomic E-state index is 12.0. The van der Waals surface area contributed by atoms with Gasteiger partial charge in [-0.1, -0.05) is 81.5 Å². The van der Waals surface area contributed by atoms with Crippen LogP contribution in [-0.2, 0) is 19.1 Å². The number of rotatable bonds is 20. The molecule has 1 atom stereocenters. The van der Waals surface area contributed by atoms with Crippen molar-refractivity contribution in [2.45, 2.75) is 84.7 Å². The molecule has 0 saturated heterocycles. The molecule has 1 amide bonds. The van der Waals surface area contributed by atoms with Crippen molar-refractivity contribution >= 4 is 17.8 Å². The van der Waals surface area contributed by atoms with E-state index in [0.29, 0.717) is 6.42 Å². The molecule has 202 valence electrons. The number of carboxylic acids is 1. The molecule has 0 spiro atoms. The fourth-order valence-corrected chi connectivity index (χ4v) is 2.89. The quantitative estimate of drug-likeness (QED) is 0.116. The maximum Gasteiger partial charge on any atom is 0.305 e. The lowest BCUT2D eigenvalue weighted by molar-refractivity contribution is -0.153. The fourth-order valence-electron chi connectivity index (χ4n) is 2.89. The Balaban J connectivity index is 3.92. The SMILES string of the molecule is CCC=CCC=CCC=CCC=CCC=CCCCC(=O)OCC(C)(C)C(O)C(=O)NCCC(=O)O. The number of carbonyl (C=O) groups excluding carboxylic acids is 2. The number of carbonyl (C=O) groups is 3. The van der Waals surface area contributed by atoms with E-state index in [2.05, 4.69) is 66.9 Å². The largest absolute Gasteiger partial charge is 0.481 e. The molecule has 0 radical (unpaired) electrons. The van der Waals surface area contributed by atoms with Crippen LogP contribution in [0.2, 0.25) is 0 Å². The number of hydrogen-bond donors (Lipinski definition) is 3. The number of ether oxygens (including phenoxy) is 1. The Labute approximate surface area is 216 Å². The molecule has 0 fully saturated rings. The molecule has 0 aliphatic heterocycles. The summed E-state index contributed by atoms with van der Waals surface area (Å²) in [7, 11) is 0. The first-order chi connectivity index (χ1) is 17.2. The van der Waals surface area contributed by atoms with Crippen molar-refractivity contribution in [3.63, 3.8) is 0 Å². The van der Waals surface area contributed by atoms with Crippen molar-refractivity contribution in [3.8, 4) is 0 Å². The van der Waals surface area contributed by atoms with Gasteiger partial charge in [-0.25, -0.2) is 0 Å². The number of nitrogens with one attached hydrogen (secondary N) is 1. The molecule has 0 aliphatic rings. The van der Waals surface area contributed by atoms with Crippen molar-refractivity contribution < 1.29 is 29.3 Å². The molecule has 7 heteroatoms. The van der Waals surface area contributed by atoms with Crippen LogP contribution in [0.4, 0.5) is 0 Å². The Morgan fingerprint density at radius 1 is 0.833 bits per heavy atom. The molecule has 1 unspecified atom stereocenters. The van der Waals surface area contributed by atoms with Gasteiger partial charge in [0, 0.05) is 18.4 Å². The number of unbranched alkanes of at least 4 members (excludes halogenated alkanes) is 1. The Bertz CT molecular complexity index is 777. The minimum absolute atomic E-state index is 0.0725. The topological polar surface area (TPSA) is 113 Å². The van der Waals surface area contributed by atoms with E-state index in [1.165, 1.54) is 0 Å². The second-order valence-electron chi connectivity index (χ2n) is 9.09. The molecule has 0 bridgehead atoms. The zero-order valence-corrected chi connectivity index (χ0v) is 22.2. The molecule has 0 aromatic rings. The Kier molecular flexibility index (Phi) is 19.6. The minimum Gasteiger partial charge on any atom is -0.481 e. The highest BCUT2D eigenvalue weighted by Gasteiger charge is 2.34. The smallest absolute Gasteiger partial charge is 0.305 e. The van der Waals surface area contributed by atoms with E-state index >= 15 is 0 Å². The summed E-state index contributed by atoms with van der Waals surface area (Å²) in [5.41, 5.74) is -0.993. The fraction of sp³-hybridized carbons (Fsp3) is 0.552. The predicted octanol–water partition coefficient (Wildman–Crippen LogP) is 5.43. The normalized spacial score (nSPS) is 13.4. The van der Waals surface area contributed by atoms with E-state index in [1.54, 1.807) is 13.8 Å². The van der Waals surface area contributed by atoms with E-state index in [9.17, 15) is 19.5 Å². The number of aliphatic carboxylic acids is 1. The van der Waals surface area contributed by atoms with Gasteiger partial charge in [0.1, 0.15) is 6.10 Å². The van der Waals surface area contributed by atoms with Gasteiger partial charge in [0.05, 0.1) is 13.0 Å². The summed E-state index contributed by atoms with van der Waals surface area (Å²) < 4.78 is 5.23. The lowest BCUT2D eigenvalue weighted by Crippen LogP contribution is -2.46. The first kappa shape index (κ1) is 33.1. The molecule has 0 heterocycles. The first-order valence-electron chi connectivity index (χ1n) is 12.8. The van der Waals surface area contributed by atoms with Gasteiger partial charge in [0.15, 0.2) is 0 Å². The second kappa shape index (κ2) is 21.4. The molecule has 3 N–H and O–H groups in total. The van der Waals surface area contributed by atoms with Crippen LogP contribution in [0, 0.1) is 5.41 Å². The number of allylic oxidation sites excluding steroid dienone is 10. The van der Waals surface area contributed by atoms with Gasteiger partial charge in [-0.2, -0.15) is 0 Å². The minimum atomic E-state index is -1.42. The van der Waals surface area contributed by atoms with Crippen molar-refractivity contribution in [3.05, 3.63) is 60.8 Å². The van der Waals surface area contributed by atoms with Crippen molar-refractivity contribution in [1.29, 1.82) is 0 Å². The van der Waals surface area contributed by atoms with Gasteiger partial charge in [0.25, 0.3) is 0 Å². The van der Waals surface area contributed by atoms with E-state index in [1.807, 2.05) is 6.08 Å². The number of amides is 1. The summed E-state index contributed by atoms with van der Waals surface area (Å²) in [5.74, 6) is -2.10. The highest BCUT2D eigenvalue weighted by molar-refractivity contribution is 5.81. The number of carboxylic acid groups (broad SMARTS) is 1. The van der Waals surface area contributed by atoms with Crippen LogP contribution >= 0.6 is 0 Å². The van der Waals surface area contributed by atoms with Gasteiger partial charge < -0.3 is 20.3 Å². The predicted molar refractivity (Wildman–Crippen MR) is 144 cm³/mol. The Morgan fingerprint density at radius 3 is 1.83 bits per heavy atom. The zero-order chi connectivity index (χ0) is 27.1. The number of aliphatic hydroxyl groups is 1. The van der Waals surface area contributed by atoms with E-state index < -0.39 is 23.4 Å². The van der Waals surface area contributed by atoms with Crippen LogP contribution in [0.15, 0.2) is 60.8 Å². The second-order valence-corrected chi connectivity index (χ2v) is 9.09. The molecule has 0 rings (SSSR count). The lowest BCUT2D eigenvalue weighted by Gasteiger charge is -2.28. The van der Waals surface area contributed by atoms with Crippen LogP contribution in [0.25, 0.3) is 0 Å². The van der Waals surface area contributed by atoms with Crippen molar-refractivity contribution in [2.24, 2.45) is 5.41 Å². The average Bonchev–Trinajstić information content (AvgIpc) is 2.83. The lowest BCUT2D eigenvalue weighted by atomic mass is 9.87. The molecule has 36 heavy (non-hydrogen) atoms. The Morgan fingerprint density at radius 2 is 1.33 bits per heavy atom. The standard InChI is InChI=1S/C29H45NO6/c1-4-5-6-7-8-9-10-11-12-13-14-15-16-17-18-19-20-21-26(33)36-24-29(2,3)27(34)28(35)30-23-22-25(31)32/h5-6,8-9,11-12,14-15,17-18,27,34H,4,7,10,13,16,19-24H2,1-3H3,(H,30,35)(H,31,32). The third kappa shape index (κ3) is 19.4. The van der Waals surface area contributed by atoms with Gasteiger partial charge in [-0.15, -0.1) is 0 Å². The van der Waals surface area contributed by atoms with Crippen molar-refractivity contribution in [2.75, 3.05) is 13.2 Å². The summed E-state index contributed by atoms with van der Waals surface area (Å²) in [5, 5.41) is 21.1. The third-order valence-corrected chi connectivity index (χ3v) is 5.14. The molecule has 0 aromatic carbocycles. The molecular formula is C29H45NO6. The van der Waals surface area contributed by atoms with Crippen LogP contribution in [0.5, 0.6) is 0 Å². The highest BCUT2D eigenvalue weighted by Crippen LogP contribution is 2.22. The van der Waals surface area contributed by atoms with Crippen LogP contribution in [0.1, 0.15) is 78.6 Å². The van der Waals surface area contributed by atoms with Gasteiger partial charge in [-0.3, -0.25) is 14.4 Å². The van der Waals surface area contributed by atoms with Gasteiger partial charge >= 0.3 is 11.9 Å². The van der Waals surface area contributed by atoms with E-state index in [0.717, 1.165) is 38.5 Å².